The number of benzene rings is 1. The summed E-state index contributed by atoms with van der Waals surface area (Å²) in [6, 6.07) is 7.38. The summed E-state index contributed by atoms with van der Waals surface area (Å²) in [6.45, 7) is 5.67. The molecule has 1 unspecified atom stereocenters. The number of hydrogen-bond acceptors (Lipinski definition) is 2. The van der Waals surface area contributed by atoms with Crippen LogP contribution in [0.2, 0.25) is 0 Å². The fourth-order valence-corrected chi connectivity index (χ4v) is 1.39. The lowest BCUT2D eigenvalue weighted by atomic mass is 10.2. The van der Waals surface area contributed by atoms with Gasteiger partial charge in [-0.25, -0.2) is 0 Å². The molecule has 0 fully saturated rings. The SMILES string of the molecule is CC(C)Oc1ccccc1NC(=O)C(C)CCl. The molecule has 1 N–H and O–H groups in total. The van der Waals surface area contributed by atoms with Crippen molar-refractivity contribution in [3.63, 3.8) is 0 Å². The fourth-order valence-electron chi connectivity index (χ4n) is 1.25. The van der Waals surface area contributed by atoms with E-state index in [0.717, 1.165) is 0 Å². The molecule has 0 saturated carbocycles. The average molecular weight is 256 g/mol. The molecular formula is C13H18ClNO2. The number of alkyl halides is 1. The molecule has 4 heteroatoms. The van der Waals surface area contributed by atoms with Gasteiger partial charge in [0.25, 0.3) is 0 Å². The van der Waals surface area contributed by atoms with Crippen molar-refractivity contribution in [2.24, 2.45) is 5.92 Å². The van der Waals surface area contributed by atoms with Gasteiger partial charge in [0.2, 0.25) is 5.91 Å². The van der Waals surface area contributed by atoms with Gasteiger partial charge < -0.3 is 10.1 Å². The van der Waals surface area contributed by atoms with Crippen molar-refractivity contribution in [3.05, 3.63) is 24.3 Å². The van der Waals surface area contributed by atoms with Crippen LogP contribution in [0.1, 0.15) is 20.8 Å². The van der Waals surface area contributed by atoms with Gasteiger partial charge in [-0.1, -0.05) is 19.1 Å². The first-order chi connectivity index (χ1) is 8.04. The zero-order valence-corrected chi connectivity index (χ0v) is 11.1. The number of halogens is 1. The highest BCUT2D eigenvalue weighted by Crippen LogP contribution is 2.25. The van der Waals surface area contributed by atoms with Gasteiger partial charge in [-0.3, -0.25) is 4.79 Å². The van der Waals surface area contributed by atoms with Gasteiger partial charge in [0.15, 0.2) is 0 Å². The second kappa shape index (κ2) is 6.50. The molecule has 0 aliphatic rings. The molecule has 0 aliphatic carbocycles. The quantitative estimate of drug-likeness (QED) is 0.820. The third kappa shape index (κ3) is 4.27. The number of amides is 1. The Morgan fingerprint density at radius 2 is 2.00 bits per heavy atom. The van der Waals surface area contributed by atoms with Crippen LogP contribution in [0, 0.1) is 5.92 Å². The monoisotopic (exact) mass is 255 g/mol. The number of anilines is 1. The van der Waals surface area contributed by atoms with E-state index in [1.807, 2.05) is 38.1 Å². The van der Waals surface area contributed by atoms with E-state index in [1.165, 1.54) is 0 Å². The predicted molar refractivity (Wildman–Crippen MR) is 70.7 cm³/mol. The van der Waals surface area contributed by atoms with Crippen LogP contribution in [0.15, 0.2) is 24.3 Å². The molecule has 0 aromatic heterocycles. The molecule has 0 spiro atoms. The van der Waals surface area contributed by atoms with Crippen molar-refractivity contribution in [2.75, 3.05) is 11.2 Å². The molecule has 1 rings (SSSR count). The Labute approximate surface area is 107 Å². The largest absolute Gasteiger partial charge is 0.489 e. The maximum atomic E-state index is 11.7. The Balaban J connectivity index is 2.79. The van der Waals surface area contributed by atoms with Crippen LogP contribution in [-0.2, 0) is 4.79 Å². The molecule has 3 nitrogen and oxygen atoms in total. The first-order valence-corrected chi connectivity index (χ1v) is 6.20. The Morgan fingerprint density at radius 1 is 1.35 bits per heavy atom. The Bertz CT molecular complexity index is 379. The second-order valence-electron chi connectivity index (χ2n) is 4.21. The molecule has 0 heterocycles. The van der Waals surface area contributed by atoms with E-state index in [4.69, 9.17) is 16.3 Å². The lowest BCUT2D eigenvalue weighted by Crippen LogP contribution is -2.22. The Kier molecular flexibility index (Phi) is 5.29. The normalized spacial score (nSPS) is 12.3. The van der Waals surface area contributed by atoms with E-state index in [2.05, 4.69) is 5.32 Å². The van der Waals surface area contributed by atoms with Gasteiger partial charge in [-0.05, 0) is 26.0 Å². The molecule has 0 saturated heterocycles. The molecule has 1 aromatic carbocycles. The molecule has 1 aromatic rings. The highest BCUT2D eigenvalue weighted by Gasteiger charge is 2.14. The molecule has 0 aliphatic heterocycles. The first kappa shape index (κ1) is 13.8. The van der Waals surface area contributed by atoms with E-state index < -0.39 is 0 Å². The van der Waals surface area contributed by atoms with Crippen LogP contribution in [0.5, 0.6) is 5.75 Å². The highest BCUT2D eigenvalue weighted by atomic mass is 35.5. The maximum Gasteiger partial charge on any atom is 0.228 e. The van der Waals surface area contributed by atoms with Crippen molar-refractivity contribution in [1.29, 1.82) is 0 Å². The molecule has 17 heavy (non-hydrogen) atoms. The lowest BCUT2D eigenvalue weighted by molar-refractivity contribution is -0.118. The lowest BCUT2D eigenvalue weighted by Gasteiger charge is -2.16. The summed E-state index contributed by atoms with van der Waals surface area (Å²) >= 11 is 5.65. The molecule has 1 amide bonds. The van der Waals surface area contributed by atoms with Crippen molar-refractivity contribution in [1.82, 2.24) is 0 Å². The summed E-state index contributed by atoms with van der Waals surface area (Å²) < 4.78 is 5.61. The minimum absolute atomic E-state index is 0.0681. The highest BCUT2D eigenvalue weighted by molar-refractivity contribution is 6.19. The van der Waals surface area contributed by atoms with Gasteiger partial charge in [-0.2, -0.15) is 0 Å². The van der Waals surface area contributed by atoms with E-state index in [1.54, 1.807) is 6.92 Å². The van der Waals surface area contributed by atoms with E-state index in [9.17, 15) is 4.79 Å². The third-order valence-corrected chi connectivity index (χ3v) is 2.65. The number of ether oxygens (including phenoxy) is 1. The summed E-state index contributed by atoms with van der Waals surface area (Å²) in [5.74, 6) is 0.667. The van der Waals surface area contributed by atoms with Crippen LogP contribution in [0.25, 0.3) is 0 Å². The van der Waals surface area contributed by atoms with Crippen LogP contribution < -0.4 is 10.1 Å². The number of hydrogen-bond donors (Lipinski definition) is 1. The number of carbonyl (C=O) groups excluding carboxylic acids is 1. The maximum absolute atomic E-state index is 11.7. The zero-order valence-electron chi connectivity index (χ0n) is 10.4. The van der Waals surface area contributed by atoms with Gasteiger partial charge in [0, 0.05) is 11.8 Å². The minimum Gasteiger partial charge on any atom is -0.489 e. The van der Waals surface area contributed by atoms with E-state index >= 15 is 0 Å². The standard InChI is InChI=1S/C13H18ClNO2/c1-9(2)17-12-7-5-4-6-11(12)15-13(16)10(3)8-14/h4-7,9-10H,8H2,1-3H3,(H,15,16). The first-order valence-electron chi connectivity index (χ1n) is 5.67. The topological polar surface area (TPSA) is 38.3 Å². The molecule has 0 radical (unpaired) electrons. The van der Waals surface area contributed by atoms with Crippen LogP contribution in [-0.4, -0.2) is 17.9 Å². The van der Waals surface area contributed by atoms with Gasteiger partial charge in [-0.15, -0.1) is 11.6 Å². The van der Waals surface area contributed by atoms with Crippen LogP contribution >= 0.6 is 11.6 Å². The zero-order chi connectivity index (χ0) is 12.8. The predicted octanol–water partition coefficient (Wildman–Crippen LogP) is 3.29. The number of rotatable bonds is 5. The van der Waals surface area contributed by atoms with Gasteiger partial charge >= 0.3 is 0 Å². The number of para-hydroxylation sites is 2. The smallest absolute Gasteiger partial charge is 0.228 e. The van der Waals surface area contributed by atoms with Crippen molar-refractivity contribution in [2.45, 2.75) is 26.9 Å². The number of carbonyl (C=O) groups is 1. The summed E-state index contributed by atoms with van der Waals surface area (Å²) in [5.41, 5.74) is 0.683. The van der Waals surface area contributed by atoms with E-state index in [0.29, 0.717) is 17.3 Å². The van der Waals surface area contributed by atoms with Crippen LogP contribution in [0.3, 0.4) is 0 Å². The molecule has 1 atom stereocenters. The van der Waals surface area contributed by atoms with Crippen molar-refractivity contribution in [3.8, 4) is 5.75 Å². The molecular weight excluding hydrogens is 238 g/mol. The summed E-state index contributed by atoms with van der Waals surface area (Å²) in [4.78, 5) is 11.7. The van der Waals surface area contributed by atoms with Crippen LogP contribution in [0.4, 0.5) is 5.69 Å². The van der Waals surface area contributed by atoms with E-state index in [-0.39, 0.29) is 17.9 Å². The minimum atomic E-state index is -0.219. The third-order valence-electron chi connectivity index (χ3n) is 2.19. The Morgan fingerprint density at radius 3 is 2.59 bits per heavy atom. The summed E-state index contributed by atoms with van der Waals surface area (Å²) in [5, 5.41) is 2.82. The van der Waals surface area contributed by atoms with Crippen molar-refractivity contribution >= 4 is 23.2 Å². The van der Waals surface area contributed by atoms with Gasteiger partial charge in [0.1, 0.15) is 5.75 Å². The molecule has 0 bridgehead atoms. The summed E-state index contributed by atoms with van der Waals surface area (Å²) in [6.07, 6.45) is 0.0681. The molecule has 94 valence electrons. The Hall–Kier alpha value is -1.22. The van der Waals surface area contributed by atoms with Crippen molar-refractivity contribution < 1.29 is 9.53 Å². The number of nitrogens with one attached hydrogen (secondary N) is 1. The second-order valence-corrected chi connectivity index (χ2v) is 4.52. The summed E-state index contributed by atoms with van der Waals surface area (Å²) in [7, 11) is 0. The fraction of sp³-hybridized carbons (Fsp3) is 0.462. The van der Waals surface area contributed by atoms with Gasteiger partial charge in [0.05, 0.1) is 11.8 Å². The average Bonchev–Trinajstić information content (AvgIpc) is 2.29.